The van der Waals surface area contributed by atoms with Crippen molar-refractivity contribution in [2.45, 2.75) is 19.4 Å². The zero-order valence-electron chi connectivity index (χ0n) is 10.3. The predicted octanol–water partition coefficient (Wildman–Crippen LogP) is 2.44. The Morgan fingerprint density at radius 2 is 1.83 bits per heavy atom. The van der Waals surface area contributed by atoms with Gasteiger partial charge in [-0.05, 0) is 31.0 Å². The van der Waals surface area contributed by atoms with Gasteiger partial charge in [0.25, 0.3) is 5.91 Å². The summed E-state index contributed by atoms with van der Waals surface area (Å²) in [5.74, 6) is -0.0548. The van der Waals surface area contributed by atoms with Gasteiger partial charge in [-0.15, -0.1) is 0 Å². The minimum Gasteiger partial charge on any atom is -0.349 e. The second-order valence-electron chi connectivity index (χ2n) is 4.30. The third kappa shape index (κ3) is 3.42. The van der Waals surface area contributed by atoms with Crippen LogP contribution in [0.1, 0.15) is 22.8 Å². The highest BCUT2D eigenvalue weighted by atomic mass is 16.1. The van der Waals surface area contributed by atoms with E-state index in [1.165, 1.54) is 5.56 Å². The Kier molecular flexibility index (Phi) is 4.07. The molecule has 0 aliphatic rings. The molecule has 1 N–H and O–H groups in total. The van der Waals surface area contributed by atoms with Crippen molar-refractivity contribution in [3.05, 3.63) is 66.0 Å². The molecule has 0 aliphatic carbocycles. The lowest BCUT2D eigenvalue weighted by Crippen LogP contribution is -2.34. The standard InChI is InChI=1S/C15H16N2O/c1-12(11-13-5-3-2-4-6-13)17-15(18)14-7-9-16-10-8-14/h2-10,12H,11H2,1H3,(H,17,18). The Balaban J connectivity index is 1.92. The monoisotopic (exact) mass is 240 g/mol. The van der Waals surface area contributed by atoms with Gasteiger partial charge in [-0.3, -0.25) is 9.78 Å². The summed E-state index contributed by atoms with van der Waals surface area (Å²) in [4.78, 5) is 15.8. The summed E-state index contributed by atoms with van der Waals surface area (Å²) in [5.41, 5.74) is 1.87. The molecule has 0 aliphatic heterocycles. The number of hydrogen-bond acceptors (Lipinski definition) is 2. The van der Waals surface area contributed by atoms with Crippen LogP contribution in [0.3, 0.4) is 0 Å². The maximum absolute atomic E-state index is 11.9. The first kappa shape index (κ1) is 12.3. The van der Waals surface area contributed by atoms with E-state index in [2.05, 4.69) is 22.4 Å². The Hall–Kier alpha value is -2.16. The van der Waals surface area contributed by atoms with Gasteiger partial charge in [-0.2, -0.15) is 0 Å². The lowest BCUT2D eigenvalue weighted by atomic mass is 10.1. The third-order valence-electron chi connectivity index (χ3n) is 2.70. The Bertz CT molecular complexity index is 496. The normalized spacial score (nSPS) is 11.8. The quantitative estimate of drug-likeness (QED) is 0.891. The summed E-state index contributed by atoms with van der Waals surface area (Å²) in [6, 6.07) is 13.7. The number of hydrogen-bond donors (Lipinski definition) is 1. The molecule has 0 fully saturated rings. The molecule has 3 heteroatoms. The van der Waals surface area contributed by atoms with E-state index in [-0.39, 0.29) is 11.9 Å². The first-order chi connectivity index (χ1) is 8.75. The van der Waals surface area contributed by atoms with Crippen LogP contribution in [0.15, 0.2) is 54.9 Å². The van der Waals surface area contributed by atoms with E-state index in [9.17, 15) is 4.79 Å². The fourth-order valence-corrected chi connectivity index (χ4v) is 1.83. The predicted molar refractivity (Wildman–Crippen MR) is 71.3 cm³/mol. The fourth-order valence-electron chi connectivity index (χ4n) is 1.83. The maximum atomic E-state index is 11.9. The van der Waals surface area contributed by atoms with Crippen molar-refractivity contribution >= 4 is 5.91 Å². The number of amides is 1. The number of nitrogens with one attached hydrogen (secondary N) is 1. The summed E-state index contributed by atoms with van der Waals surface area (Å²) in [7, 11) is 0. The first-order valence-electron chi connectivity index (χ1n) is 6.00. The lowest BCUT2D eigenvalue weighted by Gasteiger charge is -2.13. The Morgan fingerprint density at radius 1 is 1.17 bits per heavy atom. The van der Waals surface area contributed by atoms with Crippen molar-refractivity contribution in [2.24, 2.45) is 0 Å². The van der Waals surface area contributed by atoms with E-state index in [0.29, 0.717) is 5.56 Å². The SMILES string of the molecule is CC(Cc1ccccc1)NC(=O)c1ccncc1. The molecular weight excluding hydrogens is 224 g/mol. The number of rotatable bonds is 4. The van der Waals surface area contributed by atoms with Gasteiger partial charge in [0.05, 0.1) is 0 Å². The van der Waals surface area contributed by atoms with E-state index in [0.717, 1.165) is 6.42 Å². The zero-order chi connectivity index (χ0) is 12.8. The van der Waals surface area contributed by atoms with Crippen LogP contribution < -0.4 is 5.32 Å². The highest BCUT2D eigenvalue weighted by Gasteiger charge is 2.09. The molecule has 0 saturated heterocycles. The number of aromatic nitrogens is 1. The highest BCUT2D eigenvalue weighted by Crippen LogP contribution is 2.04. The van der Waals surface area contributed by atoms with Crippen molar-refractivity contribution < 1.29 is 4.79 Å². The number of carbonyl (C=O) groups is 1. The van der Waals surface area contributed by atoms with Crippen LogP contribution in [0.25, 0.3) is 0 Å². The number of benzene rings is 1. The average molecular weight is 240 g/mol. The zero-order valence-corrected chi connectivity index (χ0v) is 10.3. The minimum absolute atomic E-state index is 0.0548. The molecule has 3 nitrogen and oxygen atoms in total. The number of nitrogens with zero attached hydrogens (tertiary/aromatic N) is 1. The Morgan fingerprint density at radius 3 is 2.50 bits per heavy atom. The van der Waals surface area contributed by atoms with E-state index in [1.54, 1.807) is 24.5 Å². The molecule has 0 radical (unpaired) electrons. The summed E-state index contributed by atoms with van der Waals surface area (Å²) < 4.78 is 0. The molecular formula is C15H16N2O. The van der Waals surface area contributed by atoms with Crippen molar-refractivity contribution in [1.29, 1.82) is 0 Å². The molecule has 0 bridgehead atoms. The van der Waals surface area contributed by atoms with Gasteiger partial charge in [0.15, 0.2) is 0 Å². The second kappa shape index (κ2) is 5.96. The molecule has 1 aromatic carbocycles. The third-order valence-corrected chi connectivity index (χ3v) is 2.70. The molecule has 1 aromatic heterocycles. The van der Waals surface area contributed by atoms with Crippen molar-refractivity contribution in [1.82, 2.24) is 10.3 Å². The molecule has 2 aromatic rings. The molecule has 1 amide bonds. The van der Waals surface area contributed by atoms with Gasteiger partial charge >= 0.3 is 0 Å². The summed E-state index contributed by atoms with van der Waals surface area (Å²) in [6.45, 7) is 2.01. The van der Waals surface area contributed by atoms with Gasteiger partial charge < -0.3 is 5.32 Å². The Labute approximate surface area is 107 Å². The van der Waals surface area contributed by atoms with Gasteiger partial charge in [0, 0.05) is 24.0 Å². The fraction of sp³-hybridized carbons (Fsp3) is 0.200. The van der Waals surface area contributed by atoms with Crippen LogP contribution in [0, 0.1) is 0 Å². The van der Waals surface area contributed by atoms with Crippen LogP contribution in [0.2, 0.25) is 0 Å². The van der Waals surface area contributed by atoms with E-state index in [4.69, 9.17) is 0 Å². The molecule has 1 unspecified atom stereocenters. The molecule has 2 rings (SSSR count). The molecule has 1 atom stereocenters. The maximum Gasteiger partial charge on any atom is 0.251 e. The van der Waals surface area contributed by atoms with E-state index < -0.39 is 0 Å². The van der Waals surface area contributed by atoms with E-state index in [1.807, 2.05) is 25.1 Å². The second-order valence-corrected chi connectivity index (χ2v) is 4.30. The van der Waals surface area contributed by atoms with Gasteiger partial charge in [-0.1, -0.05) is 30.3 Å². The van der Waals surface area contributed by atoms with Crippen LogP contribution >= 0.6 is 0 Å². The summed E-state index contributed by atoms with van der Waals surface area (Å²) in [5, 5.41) is 2.98. The number of carbonyl (C=O) groups excluding carboxylic acids is 1. The molecule has 0 saturated carbocycles. The molecule has 0 spiro atoms. The molecule has 1 heterocycles. The molecule has 18 heavy (non-hydrogen) atoms. The topological polar surface area (TPSA) is 42.0 Å². The van der Waals surface area contributed by atoms with Crippen LogP contribution in [0.5, 0.6) is 0 Å². The van der Waals surface area contributed by atoms with Crippen LogP contribution in [0.4, 0.5) is 0 Å². The van der Waals surface area contributed by atoms with Crippen molar-refractivity contribution in [3.63, 3.8) is 0 Å². The highest BCUT2D eigenvalue weighted by molar-refractivity contribution is 5.94. The lowest BCUT2D eigenvalue weighted by molar-refractivity contribution is 0.0940. The van der Waals surface area contributed by atoms with Gasteiger partial charge in [0.2, 0.25) is 0 Å². The first-order valence-corrected chi connectivity index (χ1v) is 6.00. The summed E-state index contributed by atoms with van der Waals surface area (Å²) >= 11 is 0. The number of pyridine rings is 1. The van der Waals surface area contributed by atoms with Crippen molar-refractivity contribution in [2.75, 3.05) is 0 Å². The van der Waals surface area contributed by atoms with Crippen LogP contribution in [-0.2, 0) is 6.42 Å². The van der Waals surface area contributed by atoms with Gasteiger partial charge in [0.1, 0.15) is 0 Å². The average Bonchev–Trinajstić information content (AvgIpc) is 2.40. The minimum atomic E-state index is -0.0548. The van der Waals surface area contributed by atoms with Crippen LogP contribution in [-0.4, -0.2) is 16.9 Å². The van der Waals surface area contributed by atoms with Gasteiger partial charge in [-0.25, -0.2) is 0 Å². The smallest absolute Gasteiger partial charge is 0.251 e. The molecule has 92 valence electrons. The van der Waals surface area contributed by atoms with E-state index >= 15 is 0 Å². The van der Waals surface area contributed by atoms with Crippen molar-refractivity contribution in [3.8, 4) is 0 Å². The summed E-state index contributed by atoms with van der Waals surface area (Å²) in [6.07, 6.45) is 4.07. The largest absolute Gasteiger partial charge is 0.349 e.